The van der Waals surface area contributed by atoms with Crippen molar-refractivity contribution in [3.63, 3.8) is 0 Å². The van der Waals surface area contributed by atoms with Gasteiger partial charge in [-0.25, -0.2) is 12.3 Å². The first kappa shape index (κ1) is 26.3. The predicted molar refractivity (Wildman–Crippen MR) is 92.9 cm³/mol. The normalized spacial score (nSPS) is 14.6. The van der Waals surface area contributed by atoms with Gasteiger partial charge in [0.15, 0.2) is 0 Å². The molecule has 0 saturated heterocycles. The fraction of sp³-hybridized carbons (Fsp3) is 1.00. The molecule has 2 atom stereocenters. The van der Waals surface area contributed by atoms with E-state index in [2.05, 4.69) is 62.8 Å². The van der Waals surface area contributed by atoms with E-state index in [0.29, 0.717) is 0 Å². The maximum atomic E-state index is 4.43. The molecule has 1 radical (unpaired) electrons. The second-order valence-electron chi connectivity index (χ2n) is 6.86. The third kappa shape index (κ3) is 25.6. The van der Waals surface area contributed by atoms with Gasteiger partial charge in [0, 0.05) is 16.8 Å². The van der Waals surface area contributed by atoms with Crippen molar-refractivity contribution in [2.45, 2.75) is 92.6 Å². The minimum atomic E-state index is 0. The van der Waals surface area contributed by atoms with Crippen LogP contribution in [0.4, 0.5) is 0 Å². The number of nitrogens with zero attached hydrogens (tertiary/aromatic N) is 4. The number of hydrogen-bond acceptors (Lipinski definition) is 0. The van der Waals surface area contributed by atoms with Crippen LogP contribution in [0.25, 0.3) is 21.3 Å². The van der Waals surface area contributed by atoms with E-state index < -0.39 is 0 Å². The van der Waals surface area contributed by atoms with E-state index in [1.807, 2.05) is 27.7 Å². The molecule has 0 aliphatic carbocycles. The largest absolute Gasteiger partial charge is 0.678 e. The van der Waals surface area contributed by atoms with Gasteiger partial charge in [0.25, 0.3) is 0 Å². The van der Waals surface area contributed by atoms with Crippen molar-refractivity contribution in [2.24, 2.45) is 0 Å². The Labute approximate surface area is 144 Å². The standard InChI is InChI=1S/2C8H18N2.Co/c2*1-6-9-7(2)10-8(3,4)5;/h2*7H,6H2,1-5H3;/q2*-2;. The molecule has 2 unspecified atom stereocenters. The molecule has 0 spiro atoms. The van der Waals surface area contributed by atoms with Gasteiger partial charge in [-0.1, -0.05) is 55.4 Å². The van der Waals surface area contributed by atoms with Gasteiger partial charge in [0.2, 0.25) is 0 Å². The molecule has 0 aliphatic heterocycles. The fourth-order valence-electron chi connectivity index (χ4n) is 1.73. The molecule has 0 amide bonds. The van der Waals surface area contributed by atoms with Crippen LogP contribution in [0.5, 0.6) is 0 Å². The first-order valence-corrected chi connectivity index (χ1v) is 7.68. The van der Waals surface area contributed by atoms with E-state index in [1.165, 1.54) is 0 Å². The Morgan fingerprint density at radius 3 is 1.05 bits per heavy atom. The van der Waals surface area contributed by atoms with E-state index >= 15 is 0 Å². The van der Waals surface area contributed by atoms with E-state index in [4.69, 9.17) is 0 Å². The molecule has 0 heterocycles. The molecule has 0 rings (SSSR count). The maximum Gasteiger partial charge on any atom is 0 e. The summed E-state index contributed by atoms with van der Waals surface area (Å²) in [6, 6.07) is 0. The van der Waals surface area contributed by atoms with Gasteiger partial charge in [0.05, 0.1) is 0 Å². The molecule has 0 fully saturated rings. The summed E-state index contributed by atoms with van der Waals surface area (Å²) >= 11 is 0. The van der Waals surface area contributed by atoms with Gasteiger partial charge in [-0.15, -0.1) is 24.9 Å². The zero-order valence-electron chi connectivity index (χ0n) is 15.7. The zero-order chi connectivity index (χ0) is 16.4. The summed E-state index contributed by atoms with van der Waals surface area (Å²) in [5.41, 5.74) is 0.107. The van der Waals surface area contributed by atoms with E-state index in [1.54, 1.807) is 0 Å². The molecule has 133 valence electrons. The van der Waals surface area contributed by atoms with Crippen LogP contribution in [0.3, 0.4) is 0 Å². The molecular formula is C16H36CoN4-4. The molecule has 21 heavy (non-hydrogen) atoms. The van der Waals surface area contributed by atoms with Crippen molar-refractivity contribution in [3.05, 3.63) is 21.3 Å². The predicted octanol–water partition coefficient (Wildman–Crippen LogP) is 5.79. The Balaban J connectivity index is -0.000000295. The molecule has 0 aliphatic rings. The molecule has 0 aromatic rings. The van der Waals surface area contributed by atoms with Crippen LogP contribution in [0.1, 0.15) is 69.2 Å². The summed E-state index contributed by atoms with van der Waals surface area (Å²) in [5.74, 6) is 0. The average Bonchev–Trinajstić information content (AvgIpc) is 2.12. The third-order valence-electron chi connectivity index (χ3n) is 2.04. The van der Waals surface area contributed by atoms with Crippen molar-refractivity contribution in [1.82, 2.24) is 0 Å². The third-order valence-corrected chi connectivity index (χ3v) is 2.04. The SMILES string of the molecule is CC[N-]C(C)[N-]C(C)(C)C.CC[N-]C(C)[N-]C(C)(C)C.[Co]. The Bertz CT molecular complexity index is 197. The Morgan fingerprint density at radius 1 is 0.667 bits per heavy atom. The second kappa shape index (κ2) is 12.8. The molecule has 0 N–H and O–H groups in total. The van der Waals surface area contributed by atoms with Gasteiger partial charge in [0.1, 0.15) is 0 Å². The quantitative estimate of drug-likeness (QED) is 0.586. The molecule has 4 nitrogen and oxygen atoms in total. The van der Waals surface area contributed by atoms with Crippen molar-refractivity contribution < 1.29 is 16.8 Å². The van der Waals surface area contributed by atoms with E-state index in [9.17, 15) is 0 Å². The summed E-state index contributed by atoms with van der Waals surface area (Å²) in [6.45, 7) is 22.4. The summed E-state index contributed by atoms with van der Waals surface area (Å²) < 4.78 is 0. The Kier molecular flexibility index (Phi) is 16.1. The van der Waals surface area contributed by atoms with Crippen molar-refractivity contribution in [2.75, 3.05) is 13.1 Å². The molecule has 0 saturated carbocycles. The van der Waals surface area contributed by atoms with Crippen molar-refractivity contribution in [1.29, 1.82) is 0 Å². The van der Waals surface area contributed by atoms with Gasteiger partial charge in [-0.2, -0.15) is 13.1 Å². The fourth-order valence-corrected chi connectivity index (χ4v) is 1.73. The molecular weight excluding hydrogens is 307 g/mol. The topological polar surface area (TPSA) is 56.4 Å². The first-order valence-electron chi connectivity index (χ1n) is 7.68. The molecule has 0 aromatic carbocycles. The van der Waals surface area contributed by atoms with Gasteiger partial charge in [-0.3, -0.25) is 0 Å². The summed E-state index contributed by atoms with van der Waals surface area (Å²) in [7, 11) is 0. The van der Waals surface area contributed by atoms with Crippen LogP contribution in [0.15, 0.2) is 0 Å². The van der Waals surface area contributed by atoms with E-state index in [-0.39, 0.29) is 40.2 Å². The summed E-state index contributed by atoms with van der Waals surface area (Å²) in [5, 5.41) is 17.4. The zero-order valence-corrected chi connectivity index (χ0v) is 16.7. The summed E-state index contributed by atoms with van der Waals surface area (Å²) in [6.07, 6.45) is 0.315. The van der Waals surface area contributed by atoms with Crippen LogP contribution in [-0.4, -0.2) is 36.5 Å². The number of rotatable bonds is 6. The van der Waals surface area contributed by atoms with Crippen molar-refractivity contribution >= 4 is 0 Å². The van der Waals surface area contributed by atoms with Crippen LogP contribution in [-0.2, 0) is 16.8 Å². The molecule has 0 aromatic heterocycles. The van der Waals surface area contributed by atoms with Gasteiger partial charge in [-0.05, 0) is 0 Å². The monoisotopic (exact) mass is 343 g/mol. The second-order valence-corrected chi connectivity index (χ2v) is 6.86. The minimum Gasteiger partial charge on any atom is -0.678 e. The van der Waals surface area contributed by atoms with Gasteiger partial charge < -0.3 is 21.3 Å². The van der Waals surface area contributed by atoms with Gasteiger partial charge >= 0.3 is 0 Å². The Morgan fingerprint density at radius 2 is 0.905 bits per heavy atom. The summed E-state index contributed by atoms with van der Waals surface area (Å²) in [4.78, 5) is 0. The maximum absolute atomic E-state index is 4.43. The van der Waals surface area contributed by atoms with Crippen LogP contribution < -0.4 is 0 Å². The van der Waals surface area contributed by atoms with Crippen LogP contribution >= 0.6 is 0 Å². The average molecular weight is 343 g/mol. The minimum absolute atomic E-state index is 0. The number of hydrogen-bond donors (Lipinski definition) is 0. The molecule has 5 heteroatoms. The van der Waals surface area contributed by atoms with Crippen molar-refractivity contribution in [3.8, 4) is 0 Å². The smallest absolute Gasteiger partial charge is 0 e. The van der Waals surface area contributed by atoms with Crippen LogP contribution in [0.2, 0.25) is 0 Å². The molecule has 0 bridgehead atoms. The first-order chi connectivity index (χ1) is 8.91. The van der Waals surface area contributed by atoms with Crippen LogP contribution in [0, 0.1) is 0 Å². The van der Waals surface area contributed by atoms with E-state index in [0.717, 1.165) is 13.1 Å². The Hall–Kier alpha value is 0.346.